The summed E-state index contributed by atoms with van der Waals surface area (Å²) < 4.78 is 53.2. The number of amides is 2. The molecule has 0 spiro atoms. The monoisotopic (exact) mass is 613 g/mol. The summed E-state index contributed by atoms with van der Waals surface area (Å²) in [4.78, 5) is 28.6. The summed E-state index contributed by atoms with van der Waals surface area (Å²) in [6.45, 7) is 6.01. The first-order valence-corrected chi connectivity index (χ1v) is 15.8. The summed E-state index contributed by atoms with van der Waals surface area (Å²) in [6, 6.07) is 17.0. The van der Waals surface area contributed by atoms with E-state index >= 15 is 0 Å². The van der Waals surface area contributed by atoms with Crippen molar-refractivity contribution in [2.24, 2.45) is 0 Å². The summed E-state index contributed by atoms with van der Waals surface area (Å²) in [5.41, 5.74) is 0.953. The Hall–Kier alpha value is -4.12. The van der Waals surface area contributed by atoms with Crippen molar-refractivity contribution >= 4 is 27.5 Å². The largest absolute Gasteiger partial charge is 0.497 e. The Morgan fingerprint density at radius 1 is 0.907 bits per heavy atom. The number of ether oxygens (including phenoxy) is 2. The number of rotatable bonds is 16. The van der Waals surface area contributed by atoms with Gasteiger partial charge in [-0.2, -0.15) is 0 Å². The fourth-order valence-electron chi connectivity index (χ4n) is 4.49. The zero-order chi connectivity index (χ0) is 31.4. The van der Waals surface area contributed by atoms with Crippen molar-refractivity contribution in [1.82, 2.24) is 10.2 Å². The third-order valence-electron chi connectivity index (χ3n) is 6.84. The number of carbonyl (C=O) groups excluding carboxylic acids is 2. The first kappa shape index (κ1) is 33.4. The summed E-state index contributed by atoms with van der Waals surface area (Å²) in [6.07, 6.45) is 1.99. The molecular formula is C32H40FN3O6S. The van der Waals surface area contributed by atoms with Crippen LogP contribution in [0.25, 0.3) is 0 Å². The van der Waals surface area contributed by atoms with Crippen molar-refractivity contribution in [3.05, 3.63) is 84.2 Å². The first-order chi connectivity index (χ1) is 20.6. The van der Waals surface area contributed by atoms with Gasteiger partial charge in [0.1, 0.15) is 29.9 Å². The van der Waals surface area contributed by atoms with Gasteiger partial charge >= 0.3 is 0 Å². The van der Waals surface area contributed by atoms with E-state index in [4.69, 9.17) is 9.47 Å². The van der Waals surface area contributed by atoms with Crippen molar-refractivity contribution in [3.63, 3.8) is 0 Å². The lowest BCUT2D eigenvalue weighted by Crippen LogP contribution is -2.52. The Bertz CT molecular complexity index is 1430. The fourth-order valence-corrected chi connectivity index (χ4v) is 5.91. The number of nitrogens with one attached hydrogen (secondary N) is 1. The van der Waals surface area contributed by atoms with E-state index in [2.05, 4.69) is 5.32 Å². The molecule has 3 rings (SSSR count). The van der Waals surface area contributed by atoms with Crippen molar-refractivity contribution < 1.29 is 31.9 Å². The lowest BCUT2D eigenvalue weighted by Gasteiger charge is -2.33. The molecule has 3 aromatic rings. The van der Waals surface area contributed by atoms with Gasteiger partial charge in [-0.25, -0.2) is 12.8 Å². The molecule has 43 heavy (non-hydrogen) atoms. The van der Waals surface area contributed by atoms with E-state index in [0.717, 1.165) is 47.0 Å². The predicted octanol–water partition coefficient (Wildman–Crippen LogP) is 5.15. The van der Waals surface area contributed by atoms with Gasteiger partial charge in [-0.15, -0.1) is 0 Å². The summed E-state index contributed by atoms with van der Waals surface area (Å²) in [7, 11) is -2.76. The minimum absolute atomic E-state index is 0.0657. The standard InChI is InChI=1S/C32H40FN3O6S/c1-5-8-21-34-32(38)30(6-2)35(22-24-9-15-27(41-4)16-10-24)31(37)23-36(26-13-17-28(18-14-26)42-7-3)43(39,40)29-19-11-25(33)12-20-29/h9-20,30H,5-8,21-23H2,1-4H3,(H,34,38). The van der Waals surface area contributed by atoms with E-state index < -0.39 is 34.3 Å². The number of halogens is 1. The van der Waals surface area contributed by atoms with Crippen LogP contribution in [0.15, 0.2) is 77.7 Å². The van der Waals surface area contributed by atoms with Gasteiger partial charge in [0.2, 0.25) is 11.8 Å². The number of benzene rings is 3. The van der Waals surface area contributed by atoms with E-state index in [9.17, 15) is 22.4 Å². The van der Waals surface area contributed by atoms with E-state index in [1.165, 1.54) is 4.90 Å². The maximum Gasteiger partial charge on any atom is 0.264 e. The molecule has 0 fully saturated rings. The molecule has 1 unspecified atom stereocenters. The van der Waals surface area contributed by atoms with Gasteiger partial charge in [0.15, 0.2) is 0 Å². The van der Waals surface area contributed by atoms with Crippen LogP contribution in [0.2, 0.25) is 0 Å². The second kappa shape index (κ2) is 15.9. The van der Waals surface area contributed by atoms with E-state index in [-0.39, 0.29) is 23.0 Å². The molecule has 11 heteroatoms. The fraction of sp³-hybridized carbons (Fsp3) is 0.375. The molecule has 0 heterocycles. The van der Waals surface area contributed by atoms with E-state index in [0.29, 0.717) is 31.1 Å². The second-order valence-electron chi connectivity index (χ2n) is 9.83. The Morgan fingerprint density at radius 3 is 2.09 bits per heavy atom. The molecule has 232 valence electrons. The number of sulfonamides is 1. The first-order valence-electron chi connectivity index (χ1n) is 14.4. The molecule has 1 N–H and O–H groups in total. The number of anilines is 1. The molecule has 0 saturated carbocycles. The molecule has 1 atom stereocenters. The molecule has 0 aliphatic rings. The highest BCUT2D eigenvalue weighted by Crippen LogP contribution is 2.27. The van der Waals surface area contributed by atoms with Crippen LogP contribution in [0.3, 0.4) is 0 Å². The summed E-state index contributed by atoms with van der Waals surface area (Å²) >= 11 is 0. The van der Waals surface area contributed by atoms with Crippen LogP contribution >= 0.6 is 0 Å². The number of methoxy groups -OCH3 is 1. The van der Waals surface area contributed by atoms with Crippen molar-refractivity contribution in [3.8, 4) is 11.5 Å². The van der Waals surface area contributed by atoms with Gasteiger partial charge < -0.3 is 19.7 Å². The Morgan fingerprint density at radius 2 is 1.53 bits per heavy atom. The normalized spacial score (nSPS) is 11.8. The second-order valence-corrected chi connectivity index (χ2v) is 11.7. The zero-order valence-electron chi connectivity index (χ0n) is 25.1. The summed E-state index contributed by atoms with van der Waals surface area (Å²) in [5, 5.41) is 2.90. The molecule has 9 nitrogen and oxygen atoms in total. The minimum atomic E-state index is -4.32. The maximum absolute atomic E-state index is 14.1. The Labute approximate surface area is 253 Å². The van der Waals surface area contributed by atoms with Gasteiger partial charge in [0, 0.05) is 13.1 Å². The smallest absolute Gasteiger partial charge is 0.264 e. The molecule has 0 aromatic heterocycles. The van der Waals surface area contributed by atoms with Crippen molar-refractivity contribution in [1.29, 1.82) is 0 Å². The molecular weight excluding hydrogens is 573 g/mol. The van der Waals surface area contributed by atoms with Crippen molar-refractivity contribution in [2.75, 3.05) is 31.1 Å². The summed E-state index contributed by atoms with van der Waals surface area (Å²) in [5.74, 6) is -0.307. The average Bonchev–Trinajstić information content (AvgIpc) is 3.01. The number of carbonyl (C=O) groups is 2. The average molecular weight is 614 g/mol. The lowest BCUT2D eigenvalue weighted by atomic mass is 10.1. The number of unbranched alkanes of at least 4 members (excludes halogenated alkanes) is 1. The number of hydrogen-bond acceptors (Lipinski definition) is 6. The van der Waals surface area contributed by atoms with Gasteiger partial charge in [-0.05, 0) is 86.0 Å². The highest BCUT2D eigenvalue weighted by atomic mass is 32.2. The molecule has 0 aliphatic carbocycles. The molecule has 3 aromatic carbocycles. The van der Waals surface area contributed by atoms with Gasteiger partial charge in [-0.3, -0.25) is 13.9 Å². The number of hydrogen-bond donors (Lipinski definition) is 1. The third-order valence-corrected chi connectivity index (χ3v) is 8.63. The van der Waals surface area contributed by atoms with Gasteiger partial charge in [-0.1, -0.05) is 32.4 Å². The Kier molecular flexibility index (Phi) is 12.4. The Balaban J connectivity index is 2.03. The maximum atomic E-state index is 14.1. The molecule has 0 saturated heterocycles. The number of nitrogens with zero attached hydrogens (tertiary/aromatic N) is 2. The third kappa shape index (κ3) is 8.93. The van der Waals surface area contributed by atoms with Crippen LogP contribution in [-0.4, -0.2) is 58.0 Å². The van der Waals surface area contributed by atoms with Crippen LogP contribution in [-0.2, 0) is 26.2 Å². The quantitative estimate of drug-likeness (QED) is 0.224. The van der Waals surface area contributed by atoms with Crippen LogP contribution in [0.1, 0.15) is 45.6 Å². The lowest BCUT2D eigenvalue weighted by molar-refractivity contribution is -0.140. The minimum Gasteiger partial charge on any atom is -0.497 e. The SMILES string of the molecule is CCCCNC(=O)C(CC)N(Cc1ccc(OC)cc1)C(=O)CN(c1ccc(OCC)cc1)S(=O)(=O)c1ccc(F)cc1. The van der Waals surface area contributed by atoms with E-state index in [1.807, 2.05) is 13.8 Å². The topological polar surface area (TPSA) is 105 Å². The highest BCUT2D eigenvalue weighted by molar-refractivity contribution is 7.92. The van der Waals surface area contributed by atoms with Crippen LogP contribution < -0.4 is 19.1 Å². The van der Waals surface area contributed by atoms with Crippen LogP contribution in [0.5, 0.6) is 11.5 Å². The molecule has 0 radical (unpaired) electrons. The van der Waals surface area contributed by atoms with Crippen LogP contribution in [0, 0.1) is 5.82 Å². The van der Waals surface area contributed by atoms with Gasteiger partial charge in [0.05, 0.1) is 24.3 Å². The van der Waals surface area contributed by atoms with Crippen LogP contribution in [0.4, 0.5) is 10.1 Å². The highest BCUT2D eigenvalue weighted by Gasteiger charge is 2.33. The molecule has 0 aliphatic heterocycles. The van der Waals surface area contributed by atoms with E-state index in [1.54, 1.807) is 62.6 Å². The predicted molar refractivity (Wildman–Crippen MR) is 164 cm³/mol. The van der Waals surface area contributed by atoms with Gasteiger partial charge in [0.25, 0.3) is 10.0 Å². The molecule has 2 amide bonds. The zero-order valence-corrected chi connectivity index (χ0v) is 25.9. The molecule has 0 bridgehead atoms. The van der Waals surface area contributed by atoms with Crippen molar-refractivity contribution in [2.45, 2.75) is 57.5 Å².